The minimum absolute atomic E-state index is 0.00880. The fourth-order valence-electron chi connectivity index (χ4n) is 1.45. The van der Waals surface area contributed by atoms with Crippen LogP contribution in [0.25, 0.3) is 0 Å². The Morgan fingerprint density at radius 1 is 1.42 bits per heavy atom. The molecule has 0 bridgehead atoms. The quantitative estimate of drug-likeness (QED) is 0.742. The van der Waals surface area contributed by atoms with Crippen molar-refractivity contribution in [1.82, 2.24) is 15.1 Å². The Balaban J connectivity index is 2.49. The number of carbonyl (C=O) groups is 2. The van der Waals surface area contributed by atoms with Gasteiger partial charge in [0, 0.05) is 19.5 Å². The summed E-state index contributed by atoms with van der Waals surface area (Å²) in [6.45, 7) is 5.80. The Bertz CT molecular complexity index is 444. The molecule has 0 aromatic carbocycles. The highest BCUT2D eigenvalue weighted by molar-refractivity contribution is 5.90. The largest absolute Gasteiger partial charge is 0.481 e. The molecule has 0 aliphatic heterocycles. The van der Waals surface area contributed by atoms with Gasteiger partial charge < -0.3 is 9.52 Å². The van der Waals surface area contributed by atoms with Crippen LogP contribution in [0, 0.1) is 6.92 Å². The van der Waals surface area contributed by atoms with Crippen LogP contribution < -0.4 is 5.32 Å². The molecule has 0 aliphatic carbocycles. The lowest BCUT2D eigenvalue weighted by molar-refractivity contribution is -0.137. The van der Waals surface area contributed by atoms with Crippen LogP contribution in [0.2, 0.25) is 0 Å². The SMILES string of the molecule is Cc1nnc(NC(=O)CN(CCC(=O)O)C(C)C)o1. The van der Waals surface area contributed by atoms with Crippen molar-refractivity contribution in [2.75, 3.05) is 18.4 Å². The van der Waals surface area contributed by atoms with Crippen molar-refractivity contribution in [3.63, 3.8) is 0 Å². The van der Waals surface area contributed by atoms with E-state index in [-0.39, 0.29) is 30.9 Å². The van der Waals surface area contributed by atoms with E-state index in [0.717, 1.165) is 0 Å². The van der Waals surface area contributed by atoms with Gasteiger partial charge in [0.1, 0.15) is 0 Å². The second-order valence-corrected chi connectivity index (χ2v) is 4.38. The number of carbonyl (C=O) groups excluding carboxylic acids is 1. The van der Waals surface area contributed by atoms with Crippen LogP contribution in [-0.2, 0) is 9.59 Å². The molecule has 0 saturated carbocycles. The van der Waals surface area contributed by atoms with Crippen LogP contribution in [0.15, 0.2) is 4.42 Å². The smallest absolute Gasteiger partial charge is 0.322 e. The number of rotatable bonds is 7. The summed E-state index contributed by atoms with van der Waals surface area (Å²) in [7, 11) is 0. The van der Waals surface area contributed by atoms with Crippen LogP contribution in [0.1, 0.15) is 26.2 Å². The summed E-state index contributed by atoms with van der Waals surface area (Å²) in [5.74, 6) is -0.844. The van der Waals surface area contributed by atoms with Crippen molar-refractivity contribution in [3.05, 3.63) is 5.89 Å². The Kier molecular flexibility index (Phi) is 5.43. The van der Waals surface area contributed by atoms with Crippen LogP contribution in [0.5, 0.6) is 0 Å². The first-order chi connectivity index (χ1) is 8.88. The van der Waals surface area contributed by atoms with Gasteiger partial charge in [-0.05, 0) is 13.8 Å². The van der Waals surface area contributed by atoms with Crippen molar-refractivity contribution in [1.29, 1.82) is 0 Å². The third-order valence-corrected chi connectivity index (χ3v) is 2.46. The number of hydrogen-bond acceptors (Lipinski definition) is 6. The first-order valence-electron chi connectivity index (χ1n) is 5.94. The summed E-state index contributed by atoms with van der Waals surface area (Å²) < 4.78 is 5.03. The summed E-state index contributed by atoms with van der Waals surface area (Å²) >= 11 is 0. The van der Waals surface area contributed by atoms with E-state index >= 15 is 0 Å². The highest BCUT2D eigenvalue weighted by Crippen LogP contribution is 2.05. The van der Waals surface area contributed by atoms with Gasteiger partial charge in [-0.3, -0.25) is 19.8 Å². The monoisotopic (exact) mass is 270 g/mol. The molecule has 0 radical (unpaired) electrons. The van der Waals surface area contributed by atoms with Crippen LogP contribution in [0.4, 0.5) is 6.01 Å². The van der Waals surface area contributed by atoms with Crippen LogP contribution in [-0.4, -0.2) is 51.2 Å². The molecule has 1 rings (SSSR count). The minimum Gasteiger partial charge on any atom is -0.481 e. The van der Waals surface area contributed by atoms with Crippen molar-refractivity contribution in [2.24, 2.45) is 0 Å². The molecule has 8 heteroatoms. The predicted octanol–water partition coefficient (Wildman–Crippen LogP) is 0.502. The number of aryl methyl sites for hydroxylation is 1. The molecule has 1 aromatic rings. The fourth-order valence-corrected chi connectivity index (χ4v) is 1.45. The van der Waals surface area contributed by atoms with Crippen molar-refractivity contribution >= 4 is 17.9 Å². The maximum atomic E-state index is 11.8. The van der Waals surface area contributed by atoms with Crippen LogP contribution in [0.3, 0.4) is 0 Å². The summed E-state index contributed by atoms with van der Waals surface area (Å²) in [5.41, 5.74) is 0. The lowest BCUT2D eigenvalue weighted by Crippen LogP contribution is -2.39. The maximum Gasteiger partial charge on any atom is 0.322 e. The van der Waals surface area contributed by atoms with Gasteiger partial charge in [0.2, 0.25) is 11.8 Å². The van der Waals surface area contributed by atoms with Gasteiger partial charge in [-0.15, -0.1) is 5.10 Å². The maximum absolute atomic E-state index is 11.8. The third-order valence-electron chi connectivity index (χ3n) is 2.46. The standard InChI is InChI=1S/C11H18N4O4/c1-7(2)15(5-4-10(17)18)6-9(16)12-11-14-13-8(3)19-11/h7H,4-6H2,1-3H3,(H,17,18)(H,12,14,16). The lowest BCUT2D eigenvalue weighted by atomic mass is 10.3. The van der Waals surface area contributed by atoms with E-state index in [0.29, 0.717) is 12.4 Å². The molecule has 0 saturated heterocycles. The number of nitrogens with zero attached hydrogens (tertiary/aromatic N) is 3. The van der Waals surface area contributed by atoms with E-state index in [2.05, 4.69) is 15.5 Å². The van der Waals surface area contributed by atoms with Gasteiger partial charge in [0.25, 0.3) is 0 Å². The van der Waals surface area contributed by atoms with Gasteiger partial charge in [-0.1, -0.05) is 5.10 Å². The molecule has 0 atom stereocenters. The topological polar surface area (TPSA) is 109 Å². The van der Waals surface area contributed by atoms with Crippen molar-refractivity contribution in [2.45, 2.75) is 33.2 Å². The van der Waals surface area contributed by atoms with E-state index in [9.17, 15) is 9.59 Å². The van der Waals surface area contributed by atoms with Crippen molar-refractivity contribution < 1.29 is 19.1 Å². The summed E-state index contributed by atoms with van der Waals surface area (Å²) in [4.78, 5) is 24.1. The molecular weight excluding hydrogens is 252 g/mol. The summed E-state index contributed by atoms with van der Waals surface area (Å²) in [6.07, 6.45) is -0.00880. The number of carboxylic acid groups (broad SMARTS) is 1. The molecular formula is C11H18N4O4. The van der Waals surface area contributed by atoms with E-state index in [1.807, 2.05) is 13.8 Å². The zero-order chi connectivity index (χ0) is 14.4. The molecule has 1 aromatic heterocycles. The molecule has 1 amide bonds. The second-order valence-electron chi connectivity index (χ2n) is 4.38. The average molecular weight is 270 g/mol. The van der Waals surface area contributed by atoms with E-state index in [1.54, 1.807) is 11.8 Å². The lowest BCUT2D eigenvalue weighted by Gasteiger charge is -2.24. The molecule has 1 heterocycles. The molecule has 19 heavy (non-hydrogen) atoms. The van der Waals surface area contributed by atoms with Gasteiger partial charge >= 0.3 is 12.0 Å². The second kappa shape index (κ2) is 6.83. The third kappa shape index (κ3) is 5.47. The molecule has 106 valence electrons. The number of nitrogens with one attached hydrogen (secondary N) is 1. The zero-order valence-electron chi connectivity index (χ0n) is 11.2. The Labute approximate surface area is 110 Å². The van der Waals surface area contributed by atoms with Gasteiger partial charge in [0.05, 0.1) is 13.0 Å². The van der Waals surface area contributed by atoms with Gasteiger partial charge in [-0.25, -0.2) is 0 Å². The molecule has 0 fully saturated rings. The number of aromatic nitrogens is 2. The van der Waals surface area contributed by atoms with E-state index in [1.165, 1.54) is 0 Å². The average Bonchev–Trinajstić information content (AvgIpc) is 2.69. The molecule has 0 unspecified atom stereocenters. The Morgan fingerprint density at radius 3 is 2.58 bits per heavy atom. The number of aliphatic carboxylic acids is 1. The number of amides is 1. The Hall–Kier alpha value is -1.96. The summed E-state index contributed by atoms with van der Waals surface area (Å²) in [6, 6.07) is 0.110. The molecule has 0 aliphatic rings. The van der Waals surface area contributed by atoms with E-state index < -0.39 is 5.97 Å². The van der Waals surface area contributed by atoms with Crippen LogP contribution >= 0.6 is 0 Å². The normalized spacial score (nSPS) is 11.0. The van der Waals surface area contributed by atoms with Gasteiger partial charge in [0.15, 0.2) is 0 Å². The first-order valence-corrected chi connectivity index (χ1v) is 5.94. The minimum atomic E-state index is -0.890. The number of anilines is 1. The van der Waals surface area contributed by atoms with Crippen molar-refractivity contribution in [3.8, 4) is 0 Å². The molecule has 0 spiro atoms. The highest BCUT2D eigenvalue weighted by Gasteiger charge is 2.16. The summed E-state index contributed by atoms with van der Waals surface area (Å²) in [5, 5.41) is 18.4. The highest BCUT2D eigenvalue weighted by atomic mass is 16.4. The predicted molar refractivity (Wildman–Crippen MR) is 66.6 cm³/mol. The molecule has 2 N–H and O–H groups in total. The zero-order valence-corrected chi connectivity index (χ0v) is 11.2. The molecule has 8 nitrogen and oxygen atoms in total. The Morgan fingerprint density at radius 2 is 2.11 bits per heavy atom. The van der Waals surface area contributed by atoms with E-state index in [4.69, 9.17) is 9.52 Å². The van der Waals surface area contributed by atoms with Gasteiger partial charge in [-0.2, -0.15) is 0 Å². The number of carboxylic acids is 1. The first kappa shape index (κ1) is 15.1. The fraction of sp³-hybridized carbons (Fsp3) is 0.636. The number of hydrogen-bond donors (Lipinski definition) is 2.